The lowest BCUT2D eigenvalue weighted by Gasteiger charge is -2.39. The fraction of sp³-hybridized carbons (Fsp3) is 1.00. The quantitative estimate of drug-likeness (QED) is 0.629. The summed E-state index contributed by atoms with van der Waals surface area (Å²) < 4.78 is 16.8. The van der Waals surface area contributed by atoms with Crippen LogP contribution in [-0.4, -0.2) is 22.3 Å². The van der Waals surface area contributed by atoms with Gasteiger partial charge in [-0.3, -0.25) is 0 Å². The summed E-state index contributed by atoms with van der Waals surface area (Å²) in [5, 5.41) is 0.213. The zero-order chi connectivity index (χ0) is 12.1. The van der Waals surface area contributed by atoms with Gasteiger partial charge in [-0.1, -0.05) is 41.5 Å². The van der Waals surface area contributed by atoms with Crippen molar-refractivity contribution in [1.82, 2.24) is 0 Å². The highest BCUT2D eigenvalue weighted by Gasteiger charge is 2.46. The van der Waals surface area contributed by atoms with E-state index in [0.717, 1.165) is 6.54 Å². The van der Waals surface area contributed by atoms with Gasteiger partial charge in [0.15, 0.2) is 0 Å². The van der Waals surface area contributed by atoms with Gasteiger partial charge in [-0.15, -0.1) is 0 Å². The van der Waals surface area contributed by atoms with Crippen molar-refractivity contribution in [1.29, 1.82) is 0 Å². The molecule has 3 heteroatoms. The second kappa shape index (κ2) is 3.47. The van der Waals surface area contributed by atoms with Crippen LogP contribution in [0.4, 0.5) is 0 Å². The largest absolute Gasteiger partial charge is 0.250 e. The Hall–Kier alpha value is -0.0500. The summed E-state index contributed by atoms with van der Waals surface area (Å²) in [4.78, 5) is 0. The molecule has 0 aromatic carbocycles. The third-order valence-corrected chi connectivity index (χ3v) is 5.97. The van der Waals surface area contributed by atoms with E-state index < -0.39 is 9.73 Å². The average Bonchev–Trinajstić information content (AvgIpc) is 2.21. The van der Waals surface area contributed by atoms with Crippen molar-refractivity contribution in [2.24, 2.45) is 21.1 Å². The molecular weight excluding hydrogens is 206 g/mol. The molecule has 0 spiro atoms. The monoisotopic (exact) mass is 231 g/mol. The van der Waals surface area contributed by atoms with Gasteiger partial charge in [0, 0.05) is 16.0 Å². The summed E-state index contributed by atoms with van der Waals surface area (Å²) in [6.45, 7) is 14.0. The van der Waals surface area contributed by atoms with Gasteiger partial charge in [-0.05, 0) is 16.7 Å². The van der Waals surface area contributed by atoms with Crippen LogP contribution in [0.25, 0.3) is 0 Å². The van der Waals surface area contributed by atoms with E-state index >= 15 is 0 Å². The number of hydrogen-bond donors (Lipinski definition) is 0. The molecule has 1 aliphatic rings. The van der Waals surface area contributed by atoms with Gasteiger partial charge in [0.2, 0.25) is 0 Å². The van der Waals surface area contributed by atoms with Crippen molar-refractivity contribution in [2.75, 3.05) is 12.8 Å². The lowest BCUT2D eigenvalue weighted by atomic mass is 9.72. The van der Waals surface area contributed by atoms with Crippen LogP contribution in [0.15, 0.2) is 4.36 Å². The van der Waals surface area contributed by atoms with E-state index in [1.165, 1.54) is 0 Å². The molecule has 90 valence electrons. The van der Waals surface area contributed by atoms with E-state index in [2.05, 4.69) is 45.9 Å². The maximum absolute atomic E-state index is 12.5. The van der Waals surface area contributed by atoms with Gasteiger partial charge in [-0.25, -0.2) is 8.57 Å². The number of nitrogens with zero attached hydrogens (tertiary/aromatic N) is 1. The summed E-state index contributed by atoms with van der Waals surface area (Å²) >= 11 is 0. The van der Waals surface area contributed by atoms with E-state index in [-0.39, 0.29) is 16.1 Å². The second-order valence-corrected chi connectivity index (χ2v) is 9.42. The summed E-state index contributed by atoms with van der Waals surface area (Å²) in [7, 11) is -2.00. The van der Waals surface area contributed by atoms with Crippen molar-refractivity contribution in [2.45, 2.75) is 46.8 Å². The molecule has 0 bridgehead atoms. The van der Waals surface area contributed by atoms with Gasteiger partial charge in [-0.2, -0.15) is 0 Å². The standard InChI is InChI=1S/C12H25NOS/c1-11(2,3)9-8-13-15(7,14)10(9)12(4,5)6/h9-10H,8H2,1-7H3. The second-order valence-electron chi connectivity index (χ2n) is 6.93. The molecule has 0 saturated carbocycles. The molecule has 0 fully saturated rings. The minimum atomic E-state index is -2.00. The predicted octanol–water partition coefficient (Wildman–Crippen LogP) is 3.17. The molecule has 0 saturated heterocycles. The molecular formula is C12H25NOS. The van der Waals surface area contributed by atoms with Gasteiger partial charge in [0.05, 0.1) is 11.8 Å². The first kappa shape index (κ1) is 13.0. The molecule has 2 nitrogen and oxygen atoms in total. The predicted molar refractivity (Wildman–Crippen MR) is 67.5 cm³/mol. The van der Waals surface area contributed by atoms with Crippen LogP contribution in [0.1, 0.15) is 41.5 Å². The van der Waals surface area contributed by atoms with Crippen LogP contribution in [0.2, 0.25) is 0 Å². The Morgan fingerprint density at radius 3 is 1.80 bits per heavy atom. The SMILES string of the molecule is CC(C)(C)C1CN=S(C)(=O)C1C(C)(C)C. The molecule has 0 radical (unpaired) electrons. The average molecular weight is 231 g/mol. The molecule has 3 atom stereocenters. The van der Waals surface area contributed by atoms with Gasteiger partial charge >= 0.3 is 0 Å². The van der Waals surface area contributed by atoms with Gasteiger partial charge in [0.25, 0.3) is 0 Å². The van der Waals surface area contributed by atoms with Crippen LogP contribution >= 0.6 is 0 Å². The van der Waals surface area contributed by atoms with Gasteiger partial charge < -0.3 is 0 Å². The van der Waals surface area contributed by atoms with Crippen molar-refractivity contribution < 1.29 is 4.21 Å². The van der Waals surface area contributed by atoms with Crippen LogP contribution in [0, 0.1) is 16.7 Å². The molecule has 0 amide bonds. The fourth-order valence-corrected chi connectivity index (χ4v) is 5.73. The molecule has 0 aromatic rings. The van der Waals surface area contributed by atoms with E-state index in [9.17, 15) is 4.21 Å². The van der Waals surface area contributed by atoms with Crippen molar-refractivity contribution in [3.05, 3.63) is 0 Å². The molecule has 0 aromatic heterocycles. The Balaban J connectivity index is 3.15. The normalized spacial score (nSPS) is 37.8. The summed E-state index contributed by atoms with van der Waals surface area (Å²) in [5.74, 6) is 0.440. The summed E-state index contributed by atoms with van der Waals surface area (Å²) in [6.07, 6.45) is 1.83. The Labute approximate surface area is 95.0 Å². The molecule has 1 rings (SSSR count). The van der Waals surface area contributed by atoms with Crippen LogP contribution in [0.3, 0.4) is 0 Å². The lowest BCUT2D eigenvalue weighted by Crippen LogP contribution is -2.42. The maximum atomic E-state index is 12.5. The van der Waals surface area contributed by atoms with E-state index in [4.69, 9.17) is 0 Å². The highest BCUT2D eigenvalue weighted by Crippen LogP contribution is 2.44. The van der Waals surface area contributed by atoms with Crippen LogP contribution < -0.4 is 0 Å². The summed E-state index contributed by atoms with van der Waals surface area (Å²) in [6, 6.07) is 0. The van der Waals surface area contributed by atoms with E-state index in [0.29, 0.717) is 5.92 Å². The molecule has 1 heterocycles. The molecule has 3 unspecified atom stereocenters. The molecule has 15 heavy (non-hydrogen) atoms. The first-order valence-corrected chi connectivity index (χ1v) is 7.61. The Morgan fingerprint density at radius 1 is 1.07 bits per heavy atom. The zero-order valence-electron chi connectivity index (χ0n) is 11.1. The Kier molecular flexibility index (Phi) is 3.01. The first-order chi connectivity index (χ1) is 6.46. The molecule has 0 N–H and O–H groups in total. The van der Waals surface area contributed by atoms with Crippen molar-refractivity contribution >= 4 is 9.73 Å². The lowest BCUT2D eigenvalue weighted by molar-refractivity contribution is 0.188. The van der Waals surface area contributed by atoms with Crippen LogP contribution in [-0.2, 0) is 9.73 Å². The smallest absolute Gasteiger partial charge is 0.0529 e. The fourth-order valence-electron chi connectivity index (χ4n) is 2.70. The van der Waals surface area contributed by atoms with Crippen molar-refractivity contribution in [3.63, 3.8) is 0 Å². The number of rotatable bonds is 0. The van der Waals surface area contributed by atoms with E-state index in [1.54, 1.807) is 0 Å². The van der Waals surface area contributed by atoms with Gasteiger partial charge in [0.1, 0.15) is 0 Å². The molecule has 0 aliphatic carbocycles. The highest BCUT2D eigenvalue weighted by molar-refractivity contribution is 7.93. The number of hydrogen-bond acceptors (Lipinski definition) is 2. The maximum Gasteiger partial charge on any atom is 0.0529 e. The minimum absolute atomic E-state index is 0.0732. The Bertz CT molecular complexity index is 351. The topological polar surface area (TPSA) is 29.4 Å². The third-order valence-electron chi connectivity index (χ3n) is 3.33. The van der Waals surface area contributed by atoms with Crippen LogP contribution in [0.5, 0.6) is 0 Å². The minimum Gasteiger partial charge on any atom is -0.250 e. The Morgan fingerprint density at radius 2 is 1.53 bits per heavy atom. The zero-order valence-corrected chi connectivity index (χ0v) is 11.9. The molecule has 1 aliphatic heterocycles. The third kappa shape index (κ3) is 2.55. The van der Waals surface area contributed by atoms with E-state index in [1.807, 2.05) is 6.26 Å². The van der Waals surface area contributed by atoms with Crippen molar-refractivity contribution in [3.8, 4) is 0 Å². The first-order valence-electron chi connectivity index (χ1n) is 5.63. The highest BCUT2D eigenvalue weighted by atomic mass is 32.2. The summed E-state index contributed by atoms with van der Waals surface area (Å²) in [5.41, 5.74) is 0.264.